The van der Waals surface area contributed by atoms with Crippen molar-refractivity contribution in [3.8, 4) is 0 Å². The molecule has 0 aliphatic carbocycles. The summed E-state index contributed by atoms with van der Waals surface area (Å²) < 4.78 is 35.1. The number of amides is 2. The molecule has 36 heavy (non-hydrogen) atoms. The van der Waals surface area contributed by atoms with E-state index in [4.69, 9.17) is 4.74 Å². The fraction of sp³-hybridized carbons (Fsp3) is 0.423. The summed E-state index contributed by atoms with van der Waals surface area (Å²) in [6, 6.07) is 6.97. The number of aromatic nitrogens is 2. The molecule has 0 unspecified atom stereocenters. The Hall–Kier alpha value is -3.69. The average Bonchev–Trinajstić information content (AvgIpc) is 3.53. The van der Waals surface area contributed by atoms with Gasteiger partial charge in [0, 0.05) is 43.1 Å². The zero-order valence-corrected chi connectivity index (χ0v) is 20.1. The van der Waals surface area contributed by atoms with E-state index in [9.17, 15) is 18.4 Å². The highest BCUT2D eigenvalue weighted by atomic mass is 19.1. The maximum Gasteiger partial charge on any atom is 0.409 e. The molecule has 2 aliphatic rings. The summed E-state index contributed by atoms with van der Waals surface area (Å²) in [7, 11) is 0. The van der Waals surface area contributed by atoms with Crippen molar-refractivity contribution in [2.75, 3.05) is 31.1 Å². The molecule has 2 amide bonds. The third-order valence-corrected chi connectivity index (χ3v) is 7.01. The Morgan fingerprint density at radius 2 is 1.92 bits per heavy atom. The molecule has 2 fully saturated rings. The lowest BCUT2D eigenvalue weighted by Gasteiger charge is -2.31. The molecule has 1 N–H and O–H groups in total. The zero-order valence-electron chi connectivity index (χ0n) is 20.1. The highest BCUT2D eigenvalue weighted by Gasteiger charge is 2.30. The summed E-state index contributed by atoms with van der Waals surface area (Å²) in [5.74, 6) is -1.12. The lowest BCUT2D eigenvalue weighted by Crippen LogP contribution is -2.46. The third kappa shape index (κ3) is 4.72. The Balaban J connectivity index is 1.32. The Morgan fingerprint density at radius 1 is 1.11 bits per heavy atom. The van der Waals surface area contributed by atoms with Crippen LogP contribution in [0, 0.1) is 11.6 Å². The van der Waals surface area contributed by atoms with Crippen LogP contribution in [-0.2, 0) is 4.74 Å². The molecule has 0 saturated carbocycles. The van der Waals surface area contributed by atoms with Crippen LogP contribution in [0.1, 0.15) is 54.6 Å². The topological polar surface area (TPSA) is 79.2 Å². The Bertz CT molecular complexity index is 1270. The fourth-order valence-electron chi connectivity index (χ4n) is 5.18. The van der Waals surface area contributed by atoms with Gasteiger partial charge in [0.15, 0.2) is 0 Å². The number of nitrogens with one attached hydrogen (secondary N) is 1. The number of likely N-dealkylation sites (tertiary alicyclic amines) is 1. The van der Waals surface area contributed by atoms with Crippen LogP contribution < -0.4 is 10.2 Å². The van der Waals surface area contributed by atoms with Crippen molar-refractivity contribution < 1.29 is 23.1 Å². The minimum Gasteiger partial charge on any atom is -0.450 e. The number of carbonyl (C=O) groups excluding carboxylic acids is 2. The van der Waals surface area contributed by atoms with Crippen molar-refractivity contribution in [2.45, 2.75) is 44.7 Å². The predicted octanol–water partition coefficient (Wildman–Crippen LogP) is 4.30. The monoisotopic (exact) mass is 497 g/mol. The number of carbonyl (C=O) groups is 2. The molecule has 4 heterocycles. The van der Waals surface area contributed by atoms with E-state index in [2.05, 4.69) is 15.3 Å². The number of fused-ring (bicyclic) bond motifs is 1. The van der Waals surface area contributed by atoms with Gasteiger partial charge in [-0.1, -0.05) is 0 Å². The lowest BCUT2D eigenvalue weighted by atomic mass is 10.0. The van der Waals surface area contributed by atoms with Crippen LogP contribution in [0.2, 0.25) is 0 Å². The minimum absolute atomic E-state index is 0.0553. The second-order valence-electron chi connectivity index (χ2n) is 9.22. The summed E-state index contributed by atoms with van der Waals surface area (Å²) in [5.41, 5.74) is 2.25. The number of anilines is 1. The van der Waals surface area contributed by atoms with Crippen molar-refractivity contribution >= 4 is 23.2 Å². The van der Waals surface area contributed by atoms with Crippen molar-refractivity contribution in [2.24, 2.45) is 0 Å². The molecule has 8 nitrogen and oxygen atoms in total. The van der Waals surface area contributed by atoms with E-state index >= 15 is 0 Å². The molecule has 190 valence electrons. The van der Waals surface area contributed by atoms with Gasteiger partial charge in [0.05, 0.1) is 29.9 Å². The van der Waals surface area contributed by atoms with E-state index in [0.717, 1.165) is 18.2 Å². The van der Waals surface area contributed by atoms with Gasteiger partial charge in [0.2, 0.25) is 0 Å². The maximum absolute atomic E-state index is 14.5. The van der Waals surface area contributed by atoms with Gasteiger partial charge in [-0.3, -0.25) is 4.79 Å². The smallest absolute Gasteiger partial charge is 0.409 e. The Morgan fingerprint density at radius 3 is 2.69 bits per heavy atom. The quantitative estimate of drug-likeness (QED) is 0.569. The first-order chi connectivity index (χ1) is 17.4. The number of pyridine rings is 1. The van der Waals surface area contributed by atoms with Gasteiger partial charge in [-0.15, -0.1) is 0 Å². The number of hydrogen-bond acceptors (Lipinski definition) is 5. The highest BCUT2D eigenvalue weighted by molar-refractivity contribution is 6.01. The van der Waals surface area contributed by atoms with E-state index in [1.54, 1.807) is 22.5 Å². The molecule has 0 bridgehead atoms. The molecule has 1 aromatic carbocycles. The summed E-state index contributed by atoms with van der Waals surface area (Å²) in [6.45, 7) is 3.86. The summed E-state index contributed by atoms with van der Waals surface area (Å²) in [4.78, 5) is 28.8. The van der Waals surface area contributed by atoms with Gasteiger partial charge in [-0.2, -0.15) is 5.10 Å². The van der Waals surface area contributed by atoms with Crippen molar-refractivity contribution in [1.29, 1.82) is 0 Å². The first-order valence-electron chi connectivity index (χ1n) is 12.4. The highest BCUT2D eigenvalue weighted by Crippen LogP contribution is 2.38. The van der Waals surface area contributed by atoms with Crippen LogP contribution in [0.15, 0.2) is 42.7 Å². The number of nitrogens with zero attached hydrogens (tertiary/aromatic N) is 4. The van der Waals surface area contributed by atoms with Crippen LogP contribution in [0.4, 0.5) is 19.3 Å². The van der Waals surface area contributed by atoms with Crippen LogP contribution in [-0.4, -0.2) is 58.8 Å². The fourth-order valence-corrected chi connectivity index (χ4v) is 5.18. The van der Waals surface area contributed by atoms with Gasteiger partial charge >= 0.3 is 6.09 Å². The predicted molar refractivity (Wildman–Crippen MR) is 130 cm³/mol. The van der Waals surface area contributed by atoms with Crippen molar-refractivity contribution in [3.05, 3.63) is 65.5 Å². The number of piperidine rings is 1. The van der Waals surface area contributed by atoms with Crippen LogP contribution in [0.5, 0.6) is 0 Å². The first-order valence-corrected chi connectivity index (χ1v) is 12.4. The van der Waals surface area contributed by atoms with Gasteiger partial charge in [0.1, 0.15) is 11.6 Å². The Kier molecular flexibility index (Phi) is 6.75. The molecule has 2 aromatic heterocycles. The molecule has 3 aromatic rings. The minimum atomic E-state index is -0.462. The van der Waals surface area contributed by atoms with Gasteiger partial charge in [0.25, 0.3) is 5.91 Å². The average molecular weight is 498 g/mol. The molecule has 1 atom stereocenters. The van der Waals surface area contributed by atoms with Gasteiger partial charge in [-0.25, -0.2) is 18.1 Å². The lowest BCUT2D eigenvalue weighted by molar-refractivity contribution is 0.0861. The number of hydrogen-bond donors (Lipinski definition) is 1. The van der Waals surface area contributed by atoms with E-state index in [0.29, 0.717) is 62.1 Å². The second kappa shape index (κ2) is 10.1. The molecular formula is C26H29F2N5O3. The molecule has 0 radical (unpaired) electrons. The number of ether oxygens (including phenoxy) is 1. The third-order valence-electron chi connectivity index (χ3n) is 7.01. The van der Waals surface area contributed by atoms with E-state index < -0.39 is 11.6 Å². The first kappa shape index (κ1) is 24.0. The summed E-state index contributed by atoms with van der Waals surface area (Å²) >= 11 is 0. The van der Waals surface area contributed by atoms with E-state index in [1.807, 2.05) is 12.1 Å². The van der Waals surface area contributed by atoms with Crippen molar-refractivity contribution in [3.63, 3.8) is 0 Å². The molecular weight excluding hydrogens is 468 g/mol. The largest absolute Gasteiger partial charge is 0.450 e. The summed E-state index contributed by atoms with van der Waals surface area (Å²) in [5, 5.41) is 7.38. The number of benzene rings is 1. The van der Waals surface area contributed by atoms with Crippen LogP contribution >= 0.6 is 0 Å². The molecule has 0 spiro atoms. The number of halogens is 2. The molecule has 5 rings (SSSR count). The number of rotatable bonds is 5. The molecule has 2 aliphatic heterocycles. The maximum atomic E-state index is 14.5. The molecule has 2 saturated heterocycles. The van der Waals surface area contributed by atoms with Crippen molar-refractivity contribution in [1.82, 2.24) is 19.8 Å². The zero-order chi connectivity index (χ0) is 25.2. The second-order valence-corrected chi connectivity index (χ2v) is 9.22. The van der Waals surface area contributed by atoms with Gasteiger partial charge in [-0.05, 0) is 62.9 Å². The normalized spacial score (nSPS) is 18.6. The SMILES string of the molecule is CCOC(=O)N1CCC(NC(=O)c2cnn3ccc(N4CCC[C@@H]4c4cc(F)ccc4F)cc23)CC1. The Labute approximate surface area is 207 Å². The van der Waals surface area contributed by atoms with Crippen LogP contribution in [0.25, 0.3) is 5.52 Å². The standard InChI is InChI=1S/C26H29F2N5O3/c1-2-36-26(35)31-11-7-18(8-12-31)30-25(34)21-16-29-33-13-9-19(15-24(21)33)32-10-3-4-23(32)20-14-17(27)5-6-22(20)28/h5-6,9,13-16,18,23H,2-4,7-8,10-12H2,1H3,(H,30,34)/t23-/m1/s1. The van der Waals surface area contributed by atoms with Gasteiger partial charge < -0.3 is 19.9 Å². The van der Waals surface area contributed by atoms with Crippen LogP contribution in [0.3, 0.4) is 0 Å². The molecule has 10 heteroatoms. The van der Waals surface area contributed by atoms with E-state index in [-0.39, 0.29) is 24.1 Å². The summed E-state index contributed by atoms with van der Waals surface area (Å²) in [6.07, 6.45) is 5.83. The van der Waals surface area contributed by atoms with E-state index in [1.165, 1.54) is 18.3 Å².